The molecular formula is C12H15F2NO. The molecule has 0 aliphatic carbocycles. The lowest BCUT2D eigenvalue weighted by Gasteiger charge is -2.18. The van der Waals surface area contributed by atoms with Crippen LogP contribution in [0, 0.1) is 11.6 Å². The summed E-state index contributed by atoms with van der Waals surface area (Å²) in [5.74, 6) is -0.811. The molecule has 88 valence electrons. The van der Waals surface area contributed by atoms with Crippen molar-refractivity contribution in [2.24, 2.45) is 0 Å². The van der Waals surface area contributed by atoms with E-state index >= 15 is 0 Å². The van der Waals surface area contributed by atoms with Gasteiger partial charge in [0.15, 0.2) is 11.6 Å². The number of hydrogen-bond donors (Lipinski definition) is 1. The van der Waals surface area contributed by atoms with Gasteiger partial charge in [0.25, 0.3) is 0 Å². The van der Waals surface area contributed by atoms with Gasteiger partial charge in [-0.25, -0.2) is 8.78 Å². The Hall–Kier alpha value is -1.16. The fourth-order valence-electron chi connectivity index (χ4n) is 2.08. The molecule has 0 bridgehead atoms. The molecule has 1 aliphatic rings. The van der Waals surface area contributed by atoms with Gasteiger partial charge in [0.1, 0.15) is 5.82 Å². The quantitative estimate of drug-likeness (QED) is 0.838. The molecule has 2 rings (SSSR count). The summed E-state index contributed by atoms with van der Waals surface area (Å²) in [5, 5.41) is 3.16. The second kappa shape index (κ2) is 4.78. The maximum Gasteiger partial charge on any atom is 0.165 e. The van der Waals surface area contributed by atoms with Crippen LogP contribution in [0.25, 0.3) is 0 Å². The number of hydrogen-bond acceptors (Lipinski definition) is 2. The zero-order chi connectivity index (χ0) is 11.5. The topological polar surface area (TPSA) is 21.3 Å². The van der Waals surface area contributed by atoms with Gasteiger partial charge in [-0.1, -0.05) is 6.92 Å². The standard InChI is InChI=1S/C12H15F2NO/c1-2-15-10-4-3-7-16-12-9(14)6-5-8(13)11(10)12/h5-6,10,15H,2-4,7H2,1H3. The van der Waals surface area contributed by atoms with Crippen molar-refractivity contribution in [1.29, 1.82) is 0 Å². The summed E-state index contributed by atoms with van der Waals surface area (Å²) in [4.78, 5) is 0. The summed E-state index contributed by atoms with van der Waals surface area (Å²) in [7, 11) is 0. The highest BCUT2D eigenvalue weighted by molar-refractivity contribution is 5.39. The van der Waals surface area contributed by atoms with Crippen LogP contribution in [0.4, 0.5) is 8.78 Å². The van der Waals surface area contributed by atoms with Crippen LogP contribution < -0.4 is 10.1 Å². The van der Waals surface area contributed by atoms with Gasteiger partial charge in [0.2, 0.25) is 0 Å². The van der Waals surface area contributed by atoms with E-state index in [0.29, 0.717) is 12.2 Å². The average molecular weight is 227 g/mol. The molecule has 16 heavy (non-hydrogen) atoms. The molecule has 0 amide bonds. The minimum atomic E-state index is -0.485. The number of nitrogens with one attached hydrogen (secondary N) is 1. The van der Waals surface area contributed by atoms with Gasteiger partial charge < -0.3 is 10.1 Å². The highest BCUT2D eigenvalue weighted by Gasteiger charge is 2.25. The van der Waals surface area contributed by atoms with Gasteiger partial charge in [-0.15, -0.1) is 0 Å². The molecule has 0 saturated carbocycles. The third-order valence-electron chi connectivity index (χ3n) is 2.78. The first-order valence-electron chi connectivity index (χ1n) is 5.58. The molecule has 0 saturated heterocycles. The van der Waals surface area contributed by atoms with Gasteiger partial charge in [-0.2, -0.15) is 0 Å². The molecule has 1 unspecified atom stereocenters. The predicted molar refractivity (Wildman–Crippen MR) is 57.5 cm³/mol. The molecule has 0 fully saturated rings. The Bertz CT molecular complexity index is 382. The lowest BCUT2D eigenvalue weighted by Crippen LogP contribution is -2.21. The largest absolute Gasteiger partial charge is 0.490 e. The van der Waals surface area contributed by atoms with Crippen LogP contribution in [0.3, 0.4) is 0 Å². The second-order valence-electron chi connectivity index (χ2n) is 3.87. The molecule has 1 heterocycles. The Morgan fingerprint density at radius 1 is 1.38 bits per heavy atom. The van der Waals surface area contributed by atoms with Gasteiger partial charge in [0.05, 0.1) is 6.61 Å². The smallest absolute Gasteiger partial charge is 0.165 e. The van der Waals surface area contributed by atoms with E-state index < -0.39 is 11.6 Å². The first kappa shape index (κ1) is 11.3. The fraction of sp³-hybridized carbons (Fsp3) is 0.500. The number of ether oxygens (including phenoxy) is 1. The van der Waals surface area contributed by atoms with Crippen molar-refractivity contribution >= 4 is 0 Å². The molecule has 2 nitrogen and oxygen atoms in total. The molecule has 4 heteroatoms. The summed E-state index contributed by atoms with van der Waals surface area (Å²) in [5.41, 5.74) is 0.333. The van der Waals surface area contributed by atoms with Gasteiger partial charge >= 0.3 is 0 Å². The molecule has 1 aliphatic heterocycles. The first-order valence-corrected chi connectivity index (χ1v) is 5.58. The highest BCUT2D eigenvalue weighted by atomic mass is 19.1. The van der Waals surface area contributed by atoms with E-state index in [4.69, 9.17) is 4.74 Å². The summed E-state index contributed by atoms with van der Waals surface area (Å²) in [6.45, 7) is 3.11. The number of benzene rings is 1. The Balaban J connectivity index is 2.46. The SMILES string of the molecule is CCNC1CCCOc2c(F)ccc(F)c21. The van der Waals surface area contributed by atoms with Crippen molar-refractivity contribution in [3.8, 4) is 5.75 Å². The van der Waals surface area contributed by atoms with E-state index in [2.05, 4.69) is 5.32 Å². The number of rotatable bonds is 2. The van der Waals surface area contributed by atoms with Crippen LogP contribution >= 0.6 is 0 Å². The van der Waals surface area contributed by atoms with Gasteiger partial charge in [-0.3, -0.25) is 0 Å². The number of fused-ring (bicyclic) bond motifs is 1. The van der Waals surface area contributed by atoms with Crippen LogP contribution in [-0.2, 0) is 0 Å². The first-order chi connectivity index (χ1) is 7.74. The Labute approximate surface area is 93.6 Å². The van der Waals surface area contributed by atoms with Crippen molar-refractivity contribution in [2.75, 3.05) is 13.2 Å². The molecule has 1 aromatic rings. The Morgan fingerprint density at radius 2 is 2.12 bits per heavy atom. The summed E-state index contributed by atoms with van der Waals surface area (Å²) < 4.78 is 32.5. The van der Waals surface area contributed by atoms with Crippen molar-refractivity contribution in [2.45, 2.75) is 25.8 Å². The second-order valence-corrected chi connectivity index (χ2v) is 3.87. The third kappa shape index (κ3) is 2.02. The molecule has 1 aromatic carbocycles. The average Bonchev–Trinajstić information content (AvgIpc) is 2.48. The van der Waals surface area contributed by atoms with Crippen LogP contribution in [0.5, 0.6) is 5.75 Å². The van der Waals surface area contributed by atoms with E-state index in [9.17, 15) is 8.78 Å². The maximum atomic E-state index is 13.7. The van der Waals surface area contributed by atoms with E-state index in [1.54, 1.807) is 0 Å². The van der Waals surface area contributed by atoms with Crippen molar-refractivity contribution in [3.63, 3.8) is 0 Å². The molecule has 1 N–H and O–H groups in total. The zero-order valence-electron chi connectivity index (χ0n) is 9.22. The normalized spacial score (nSPS) is 19.8. The lowest BCUT2D eigenvalue weighted by atomic mass is 10.0. The van der Waals surface area contributed by atoms with E-state index in [1.807, 2.05) is 6.92 Å². The van der Waals surface area contributed by atoms with Crippen LogP contribution in [0.15, 0.2) is 12.1 Å². The van der Waals surface area contributed by atoms with Gasteiger partial charge in [0, 0.05) is 11.6 Å². The minimum absolute atomic E-state index is 0.0726. The fourth-order valence-corrected chi connectivity index (χ4v) is 2.08. The maximum absolute atomic E-state index is 13.7. The zero-order valence-corrected chi connectivity index (χ0v) is 9.22. The molecule has 0 aromatic heterocycles. The van der Waals surface area contributed by atoms with E-state index in [0.717, 1.165) is 31.5 Å². The Kier molecular flexibility index (Phi) is 3.39. The highest BCUT2D eigenvalue weighted by Crippen LogP contribution is 2.35. The minimum Gasteiger partial charge on any atom is -0.490 e. The monoisotopic (exact) mass is 227 g/mol. The predicted octanol–water partition coefficient (Wildman–Crippen LogP) is 2.79. The molecule has 1 atom stereocenters. The van der Waals surface area contributed by atoms with E-state index in [-0.39, 0.29) is 11.8 Å². The molecule has 0 spiro atoms. The molecular weight excluding hydrogens is 212 g/mol. The van der Waals surface area contributed by atoms with Crippen LogP contribution in [-0.4, -0.2) is 13.2 Å². The summed E-state index contributed by atoms with van der Waals surface area (Å²) >= 11 is 0. The summed E-state index contributed by atoms with van der Waals surface area (Å²) in [6.07, 6.45) is 1.56. The van der Waals surface area contributed by atoms with Crippen molar-refractivity contribution in [3.05, 3.63) is 29.3 Å². The van der Waals surface area contributed by atoms with Gasteiger partial charge in [-0.05, 0) is 31.5 Å². The summed E-state index contributed by atoms with van der Waals surface area (Å²) in [6, 6.07) is 2.12. The number of halogens is 2. The van der Waals surface area contributed by atoms with Crippen molar-refractivity contribution in [1.82, 2.24) is 5.32 Å². The van der Waals surface area contributed by atoms with Crippen LogP contribution in [0.2, 0.25) is 0 Å². The van der Waals surface area contributed by atoms with Crippen LogP contribution in [0.1, 0.15) is 31.4 Å². The lowest BCUT2D eigenvalue weighted by molar-refractivity contribution is 0.299. The molecule has 0 radical (unpaired) electrons. The van der Waals surface area contributed by atoms with E-state index in [1.165, 1.54) is 0 Å². The van der Waals surface area contributed by atoms with Crippen molar-refractivity contribution < 1.29 is 13.5 Å². The third-order valence-corrected chi connectivity index (χ3v) is 2.78. The Morgan fingerprint density at radius 3 is 2.88 bits per heavy atom.